The summed E-state index contributed by atoms with van der Waals surface area (Å²) in [5.41, 5.74) is 4.39. The molecule has 3 aliphatic rings. The van der Waals surface area contributed by atoms with Crippen LogP contribution in [-0.4, -0.2) is 67.6 Å². The first kappa shape index (κ1) is 25.2. The van der Waals surface area contributed by atoms with Crippen LogP contribution in [0.5, 0.6) is 0 Å². The highest BCUT2D eigenvalue weighted by Gasteiger charge is 2.46. The number of amides is 2. The van der Waals surface area contributed by atoms with E-state index in [-0.39, 0.29) is 46.8 Å². The zero-order chi connectivity index (χ0) is 28.4. The Bertz CT molecular complexity index is 1750. The monoisotopic (exact) mass is 554 g/mol. The third-order valence-corrected chi connectivity index (χ3v) is 8.68. The molecule has 2 saturated heterocycles. The largest absolute Gasteiger partial charge is 0.478 e. The molecule has 2 aromatic carbocycles. The first-order valence-corrected chi connectivity index (χ1v) is 13.6. The van der Waals surface area contributed by atoms with Gasteiger partial charge in [0.05, 0.1) is 23.8 Å². The molecule has 2 N–H and O–H groups in total. The lowest BCUT2D eigenvalue weighted by atomic mass is 9.98. The number of aromatic nitrogens is 3. The molecule has 0 unspecified atom stereocenters. The van der Waals surface area contributed by atoms with Crippen LogP contribution in [0.1, 0.15) is 66.9 Å². The van der Waals surface area contributed by atoms with Crippen LogP contribution >= 0.6 is 0 Å². The van der Waals surface area contributed by atoms with Crippen molar-refractivity contribution in [2.24, 2.45) is 0 Å². The first-order valence-electron chi connectivity index (χ1n) is 13.6. The Morgan fingerprint density at radius 2 is 1.93 bits per heavy atom. The summed E-state index contributed by atoms with van der Waals surface area (Å²) in [7, 11) is 0. The molecule has 208 valence electrons. The number of carboxylic acid groups (broad SMARTS) is 1. The highest BCUT2D eigenvalue weighted by atomic mass is 19.1. The van der Waals surface area contributed by atoms with Gasteiger partial charge in [0.25, 0.3) is 11.8 Å². The van der Waals surface area contributed by atoms with Gasteiger partial charge < -0.3 is 20.2 Å². The Labute approximate surface area is 234 Å². The van der Waals surface area contributed by atoms with E-state index >= 15 is 0 Å². The Balaban J connectivity index is 1.13. The molecule has 0 saturated carbocycles. The first-order chi connectivity index (χ1) is 19.8. The summed E-state index contributed by atoms with van der Waals surface area (Å²) in [5, 5.41) is 16.8. The van der Waals surface area contributed by atoms with Crippen LogP contribution in [0.3, 0.4) is 0 Å². The van der Waals surface area contributed by atoms with Gasteiger partial charge in [0.15, 0.2) is 5.65 Å². The lowest BCUT2D eigenvalue weighted by molar-refractivity contribution is 0.0692. The van der Waals surface area contributed by atoms with E-state index in [1.807, 2.05) is 6.07 Å². The topological polar surface area (TPSA) is 120 Å². The molecule has 10 nitrogen and oxygen atoms in total. The van der Waals surface area contributed by atoms with E-state index in [0.717, 1.165) is 23.2 Å². The molecule has 1 aliphatic carbocycles. The van der Waals surface area contributed by atoms with Gasteiger partial charge in [-0.1, -0.05) is 12.1 Å². The van der Waals surface area contributed by atoms with Crippen molar-refractivity contribution in [3.8, 4) is 0 Å². The minimum atomic E-state index is -0.972. The highest BCUT2D eigenvalue weighted by molar-refractivity contribution is 5.99. The molecule has 2 aromatic heterocycles. The molecule has 0 spiro atoms. The SMILES string of the molecule is Cc1c(C(=O)O)ccc2c1CC[C@@H]2NC(=O)c1cc(C(=O)N2C[C@@H]3C[C@H]2CN3c2cccc(F)c2)nc2ccnn12. The summed E-state index contributed by atoms with van der Waals surface area (Å²) < 4.78 is 15.2. The third-order valence-electron chi connectivity index (χ3n) is 8.68. The van der Waals surface area contributed by atoms with Gasteiger partial charge in [0.1, 0.15) is 17.2 Å². The average Bonchev–Trinajstić information content (AvgIpc) is 3.76. The molecule has 2 aliphatic heterocycles. The molecule has 2 bridgehead atoms. The summed E-state index contributed by atoms with van der Waals surface area (Å²) in [6.07, 6.45) is 3.62. The number of rotatable bonds is 5. The van der Waals surface area contributed by atoms with Gasteiger partial charge in [-0.05, 0) is 67.1 Å². The van der Waals surface area contributed by atoms with Crippen molar-refractivity contribution in [3.63, 3.8) is 0 Å². The van der Waals surface area contributed by atoms with Gasteiger partial charge in [0, 0.05) is 37.0 Å². The number of fused-ring (bicyclic) bond motifs is 4. The molecule has 7 rings (SSSR count). The molecule has 0 radical (unpaired) electrons. The van der Waals surface area contributed by atoms with Crippen LogP contribution in [0.2, 0.25) is 0 Å². The Kier molecular flexibility index (Phi) is 5.77. The number of nitrogens with one attached hydrogen (secondary N) is 1. The van der Waals surface area contributed by atoms with Crippen molar-refractivity contribution in [3.05, 3.63) is 94.2 Å². The van der Waals surface area contributed by atoms with E-state index in [2.05, 4.69) is 20.3 Å². The van der Waals surface area contributed by atoms with Crippen LogP contribution in [0.25, 0.3) is 5.65 Å². The van der Waals surface area contributed by atoms with Crippen LogP contribution in [-0.2, 0) is 6.42 Å². The lowest BCUT2D eigenvalue weighted by Gasteiger charge is -2.35. The van der Waals surface area contributed by atoms with Crippen molar-refractivity contribution in [1.82, 2.24) is 24.8 Å². The minimum Gasteiger partial charge on any atom is -0.478 e. The predicted molar refractivity (Wildman–Crippen MR) is 147 cm³/mol. The highest BCUT2D eigenvalue weighted by Crippen LogP contribution is 2.36. The van der Waals surface area contributed by atoms with Crippen molar-refractivity contribution >= 4 is 29.1 Å². The standard InChI is InChI=1S/C30H27FN6O4/c1-16-21-7-8-24(23(21)6-5-22(16)30(40)41)34-28(38)26-13-25(33-27-9-10-32-37(26)27)29(39)36-15-19-12-20(36)14-35(19)18-4-2-3-17(31)11-18/h2-6,9-11,13,19-20,24H,7-8,12,14-15H2,1H3,(H,34,38)(H,40,41)/t19-,20-,24-/m0/s1. The summed E-state index contributed by atoms with van der Waals surface area (Å²) in [4.78, 5) is 47.3. The third kappa shape index (κ3) is 4.11. The Morgan fingerprint density at radius 3 is 2.68 bits per heavy atom. The fourth-order valence-corrected chi connectivity index (χ4v) is 6.71. The van der Waals surface area contributed by atoms with Crippen LogP contribution in [0.4, 0.5) is 10.1 Å². The number of carbonyl (C=O) groups excluding carboxylic acids is 2. The van der Waals surface area contributed by atoms with E-state index in [1.165, 1.54) is 28.9 Å². The van der Waals surface area contributed by atoms with Crippen LogP contribution in [0, 0.1) is 12.7 Å². The predicted octanol–water partition coefficient (Wildman–Crippen LogP) is 3.40. The van der Waals surface area contributed by atoms with E-state index in [4.69, 9.17) is 0 Å². The molecule has 4 aromatic rings. The number of nitrogens with zero attached hydrogens (tertiary/aromatic N) is 5. The molecule has 2 fully saturated rings. The smallest absolute Gasteiger partial charge is 0.335 e. The van der Waals surface area contributed by atoms with Gasteiger partial charge in [0.2, 0.25) is 0 Å². The fraction of sp³-hybridized carbons (Fsp3) is 0.300. The Hall–Kier alpha value is -4.80. The molecule has 3 atom stereocenters. The Morgan fingerprint density at radius 1 is 1.07 bits per heavy atom. The fourth-order valence-electron chi connectivity index (χ4n) is 6.71. The number of aromatic carboxylic acids is 1. The van der Waals surface area contributed by atoms with Crippen molar-refractivity contribution in [1.29, 1.82) is 0 Å². The molecule has 41 heavy (non-hydrogen) atoms. The normalized spacial score (nSPS) is 21.0. The van der Waals surface area contributed by atoms with Gasteiger partial charge in [-0.15, -0.1) is 0 Å². The van der Waals surface area contributed by atoms with Crippen molar-refractivity contribution in [2.75, 3.05) is 18.0 Å². The number of hydrogen-bond donors (Lipinski definition) is 2. The zero-order valence-electron chi connectivity index (χ0n) is 22.2. The second-order valence-electron chi connectivity index (χ2n) is 10.9. The molecule has 4 heterocycles. The van der Waals surface area contributed by atoms with E-state index in [1.54, 1.807) is 36.1 Å². The number of benzene rings is 2. The summed E-state index contributed by atoms with van der Waals surface area (Å²) in [6, 6.07) is 12.7. The minimum absolute atomic E-state index is 0.0371. The summed E-state index contributed by atoms with van der Waals surface area (Å²) >= 11 is 0. The summed E-state index contributed by atoms with van der Waals surface area (Å²) in [6.45, 7) is 2.89. The van der Waals surface area contributed by atoms with Crippen molar-refractivity contribution in [2.45, 2.75) is 44.3 Å². The van der Waals surface area contributed by atoms with Crippen LogP contribution in [0.15, 0.2) is 54.7 Å². The average molecular weight is 555 g/mol. The molecule has 11 heteroatoms. The van der Waals surface area contributed by atoms with Gasteiger partial charge in [-0.3, -0.25) is 9.59 Å². The lowest BCUT2D eigenvalue weighted by Crippen LogP contribution is -2.49. The number of carboxylic acids is 1. The number of piperazine rings is 1. The van der Waals surface area contributed by atoms with Gasteiger partial charge in [-0.2, -0.15) is 5.10 Å². The number of carbonyl (C=O) groups is 3. The number of anilines is 1. The van der Waals surface area contributed by atoms with E-state index in [0.29, 0.717) is 37.1 Å². The summed E-state index contributed by atoms with van der Waals surface area (Å²) in [5.74, 6) is -1.91. The zero-order valence-corrected chi connectivity index (χ0v) is 22.2. The van der Waals surface area contributed by atoms with Crippen LogP contribution < -0.4 is 10.2 Å². The number of likely N-dealkylation sites (tertiary alicyclic amines) is 1. The van der Waals surface area contributed by atoms with Crippen molar-refractivity contribution < 1.29 is 23.9 Å². The second kappa shape index (κ2) is 9.39. The maximum Gasteiger partial charge on any atom is 0.335 e. The van der Waals surface area contributed by atoms with E-state index in [9.17, 15) is 23.9 Å². The molecule has 2 amide bonds. The van der Waals surface area contributed by atoms with Gasteiger partial charge in [-0.25, -0.2) is 18.7 Å². The van der Waals surface area contributed by atoms with E-state index < -0.39 is 11.9 Å². The molecular formula is C30H27FN6O4. The number of hydrogen-bond acceptors (Lipinski definition) is 6. The van der Waals surface area contributed by atoms with Gasteiger partial charge >= 0.3 is 5.97 Å². The quantitative estimate of drug-likeness (QED) is 0.388. The maximum absolute atomic E-state index is 13.8. The molecular weight excluding hydrogens is 527 g/mol. The second-order valence-corrected chi connectivity index (χ2v) is 10.9. The maximum atomic E-state index is 13.8. The number of halogens is 1.